The normalized spacial score (nSPS) is 17.3. The van der Waals surface area contributed by atoms with Crippen molar-refractivity contribution in [3.05, 3.63) is 6.07 Å². The summed E-state index contributed by atoms with van der Waals surface area (Å²) in [4.78, 5) is 8.14. The van der Waals surface area contributed by atoms with E-state index in [0.29, 0.717) is 18.2 Å². The standard InChI is InChI=1S/C11H19N5O/c1-2-13-8-6-9(16-10(12)15-8)14-7-11(17)4-3-5-11/h6,17H,2-5,7H2,1H3,(H4,12,13,14,15,16). The molecule has 94 valence electrons. The molecule has 1 aromatic rings. The Morgan fingerprint density at radius 1 is 1.35 bits per heavy atom. The van der Waals surface area contributed by atoms with Crippen LogP contribution < -0.4 is 16.4 Å². The van der Waals surface area contributed by atoms with E-state index in [0.717, 1.165) is 25.8 Å². The fourth-order valence-corrected chi connectivity index (χ4v) is 1.84. The Kier molecular flexibility index (Phi) is 3.33. The Morgan fingerprint density at radius 3 is 2.53 bits per heavy atom. The second kappa shape index (κ2) is 4.75. The van der Waals surface area contributed by atoms with Crippen LogP contribution in [0.1, 0.15) is 26.2 Å². The zero-order valence-corrected chi connectivity index (χ0v) is 10.0. The minimum absolute atomic E-state index is 0.228. The van der Waals surface area contributed by atoms with E-state index < -0.39 is 5.60 Å². The molecular weight excluding hydrogens is 218 g/mol. The molecule has 0 unspecified atom stereocenters. The number of aromatic nitrogens is 2. The number of nitrogens with one attached hydrogen (secondary N) is 2. The molecule has 0 radical (unpaired) electrons. The van der Waals surface area contributed by atoms with Crippen molar-refractivity contribution in [1.29, 1.82) is 0 Å². The number of nitrogen functional groups attached to an aromatic ring is 1. The summed E-state index contributed by atoms with van der Waals surface area (Å²) in [7, 11) is 0. The van der Waals surface area contributed by atoms with Crippen molar-refractivity contribution in [1.82, 2.24) is 9.97 Å². The Labute approximate surface area is 101 Å². The Bertz CT molecular complexity index is 391. The molecule has 1 saturated carbocycles. The molecule has 0 aliphatic heterocycles. The molecule has 2 rings (SSSR count). The van der Waals surface area contributed by atoms with Gasteiger partial charge in [-0.3, -0.25) is 0 Å². The van der Waals surface area contributed by atoms with Gasteiger partial charge < -0.3 is 21.5 Å². The Morgan fingerprint density at radius 2 is 2.00 bits per heavy atom. The van der Waals surface area contributed by atoms with Gasteiger partial charge in [0, 0.05) is 19.2 Å². The van der Waals surface area contributed by atoms with Gasteiger partial charge in [0.05, 0.1) is 5.60 Å². The maximum absolute atomic E-state index is 9.96. The molecule has 0 saturated heterocycles. The van der Waals surface area contributed by atoms with Crippen molar-refractivity contribution in [2.75, 3.05) is 29.5 Å². The fraction of sp³-hybridized carbons (Fsp3) is 0.636. The van der Waals surface area contributed by atoms with E-state index >= 15 is 0 Å². The molecule has 0 atom stereocenters. The Hall–Kier alpha value is -1.56. The van der Waals surface area contributed by atoms with Crippen LogP contribution in [-0.2, 0) is 0 Å². The van der Waals surface area contributed by atoms with Crippen molar-refractivity contribution in [2.45, 2.75) is 31.8 Å². The van der Waals surface area contributed by atoms with Crippen LogP contribution in [0.15, 0.2) is 6.07 Å². The zero-order chi connectivity index (χ0) is 12.3. The molecule has 6 nitrogen and oxygen atoms in total. The van der Waals surface area contributed by atoms with E-state index in [4.69, 9.17) is 5.73 Å². The first-order chi connectivity index (χ1) is 8.11. The van der Waals surface area contributed by atoms with Gasteiger partial charge in [0.15, 0.2) is 0 Å². The van der Waals surface area contributed by atoms with E-state index in [9.17, 15) is 5.11 Å². The number of nitrogens with two attached hydrogens (primary N) is 1. The SMILES string of the molecule is CCNc1cc(NCC2(O)CCC2)nc(N)n1. The molecule has 1 aliphatic rings. The predicted molar refractivity (Wildman–Crippen MR) is 67.9 cm³/mol. The smallest absolute Gasteiger partial charge is 0.223 e. The van der Waals surface area contributed by atoms with E-state index in [1.165, 1.54) is 0 Å². The molecule has 1 aliphatic carbocycles. The molecule has 0 spiro atoms. The third-order valence-electron chi connectivity index (χ3n) is 2.98. The van der Waals surface area contributed by atoms with Crippen LogP contribution in [-0.4, -0.2) is 33.8 Å². The quantitative estimate of drug-likeness (QED) is 0.605. The van der Waals surface area contributed by atoms with Crippen molar-refractivity contribution >= 4 is 17.6 Å². The number of anilines is 3. The van der Waals surface area contributed by atoms with Gasteiger partial charge in [-0.2, -0.15) is 9.97 Å². The predicted octanol–water partition coefficient (Wildman–Crippen LogP) is 0.817. The van der Waals surface area contributed by atoms with Crippen molar-refractivity contribution in [2.24, 2.45) is 0 Å². The largest absolute Gasteiger partial charge is 0.388 e. The van der Waals surface area contributed by atoms with Gasteiger partial charge in [-0.25, -0.2) is 0 Å². The highest BCUT2D eigenvalue weighted by atomic mass is 16.3. The summed E-state index contributed by atoms with van der Waals surface area (Å²) in [6.07, 6.45) is 2.79. The second-order valence-corrected chi connectivity index (χ2v) is 4.46. The summed E-state index contributed by atoms with van der Waals surface area (Å²) in [5, 5.41) is 16.1. The van der Waals surface area contributed by atoms with Gasteiger partial charge in [0.1, 0.15) is 11.6 Å². The van der Waals surface area contributed by atoms with Crippen LogP contribution in [0.2, 0.25) is 0 Å². The summed E-state index contributed by atoms with van der Waals surface area (Å²) in [5.74, 6) is 1.57. The molecule has 6 heteroatoms. The lowest BCUT2D eigenvalue weighted by Gasteiger charge is -2.36. The highest BCUT2D eigenvalue weighted by Gasteiger charge is 2.34. The highest BCUT2D eigenvalue weighted by Crippen LogP contribution is 2.31. The fourth-order valence-electron chi connectivity index (χ4n) is 1.84. The lowest BCUT2D eigenvalue weighted by molar-refractivity contribution is -0.0202. The summed E-state index contributed by atoms with van der Waals surface area (Å²) in [5.41, 5.74) is 5.04. The molecule has 1 aromatic heterocycles. The highest BCUT2D eigenvalue weighted by molar-refractivity contribution is 5.51. The van der Waals surface area contributed by atoms with E-state index in [1.54, 1.807) is 6.07 Å². The summed E-state index contributed by atoms with van der Waals surface area (Å²) >= 11 is 0. The Balaban J connectivity index is 1.99. The van der Waals surface area contributed by atoms with Gasteiger partial charge in [0.25, 0.3) is 0 Å². The molecule has 0 bridgehead atoms. The van der Waals surface area contributed by atoms with Crippen LogP contribution in [0.4, 0.5) is 17.6 Å². The van der Waals surface area contributed by atoms with Crippen molar-refractivity contribution in [3.8, 4) is 0 Å². The third kappa shape index (κ3) is 2.97. The lowest BCUT2D eigenvalue weighted by Crippen LogP contribution is -2.43. The summed E-state index contributed by atoms with van der Waals surface area (Å²) in [6.45, 7) is 3.28. The maximum atomic E-state index is 9.96. The van der Waals surface area contributed by atoms with Crippen LogP contribution in [0.3, 0.4) is 0 Å². The van der Waals surface area contributed by atoms with Gasteiger partial charge in [-0.15, -0.1) is 0 Å². The summed E-state index contributed by atoms with van der Waals surface area (Å²) < 4.78 is 0. The zero-order valence-electron chi connectivity index (χ0n) is 10.0. The number of aliphatic hydroxyl groups is 1. The lowest BCUT2D eigenvalue weighted by atomic mass is 9.80. The average molecular weight is 237 g/mol. The first-order valence-corrected chi connectivity index (χ1v) is 5.96. The minimum atomic E-state index is -0.571. The number of hydrogen-bond donors (Lipinski definition) is 4. The van der Waals surface area contributed by atoms with Crippen molar-refractivity contribution in [3.63, 3.8) is 0 Å². The van der Waals surface area contributed by atoms with E-state index in [1.807, 2.05) is 6.92 Å². The number of nitrogens with zero attached hydrogens (tertiary/aromatic N) is 2. The van der Waals surface area contributed by atoms with Crippen LogP contribution in [0, 0.1) is 0 Å². The number of rotatable bonds is 5. The molecule has 1 heterocycles. The third-order valence-corrected chi connectivity index (χ3v) is 2.98. The monoisotopic (exact) mass is 237 g/mol. The molecule has 5 N–H and O–H groups in total. The maximum Gasteiger partial charge on any atom is 0.223 e. The van der Waals surface area contributed by atoms with E-state index in [-0.39, 0.29) is 5.95 Å². The van der Waals surface area contributed by atoms with Crippen molar-refractivity contribution < 1.29 is 5.11 Å². The van der Waals surface area contributed by atoms with Gasteiger partial charge in [0.2, 0.25) is 5.95 Å². The van der Waals surface area contributed by atoms with Gasteiger partial charge >= 0.3 is 0 Å². The van der Waals surface area contributed by atoms with E-state index in [2.05, 4.69) is 20.6 Å². The molecular formula is C11H19N5O. The topological polar surface area (TPSA) is 96.1 Å². The molecule has 1 fully saturated rings. The second-order valence-electron chi connectivity index (χ2n) is 4.46. The van der Waals surface area contributed by atoms with Gasteiger partial charge in [-0.1, -0.05) is 0 Å². The first kappa shape index (κ1) is 11.9. The van der Waals surface area contributed by atoms with Crippen LogP contribution in [0.5, 0.6) is 0 Å². The van der Waals surface area contributed by atoms with Gasteiger partial charge in [-0.05, 0) is 26.2 Å². The molecule has 0 amide bonds. The summed E-state index contributed by atoms with van der Waals surface area (Å²) in [6, 6.07) is 1.79. The average Bonchev–Trinajstić information content (AvgIpc) is 2.23. The number of hydrogen-bond acceptors (Lipinski definition) is 6. The van der Waals surface area contributed by atoms with Crippen LogP contribution >= 0.6 is 0 Å². The van der Waals surface area contributed by atoms with Crippen LogP contribution in [0.25, 0.3) is 0 Å². The molecule has 0 aromatic carbocycles. The molecule has 17 heavy (non-hydrogen) atoms. The first-order valence-electron chi connectivity index (χ1n) is 5.96. The minimum Gasteiger partial charge on any atom is -0.388 e.